The van der Waals surface area contributed by atoms with E-state index in [9.17, 15) is 13.2 Å². The lowest BCUT2D eigenvalue weighted by Gasteiger charge is -2.38. The van der Waals surface area contributed by atoms with Crippen LogP contribution in [0.2, 0.25) is 0 Å². The molecule has 0 bridgehead atoms. The largest absolute Gasteiger partial charge is 0.368 e. The van der Waals surface area contributed by atoms with E-state index in [1.165, 1.54) is 0 Å². The van der Waals surface area contributed by atoms with E-state index in [0.29, 0.717) is 18.8 Å². The normalized spacial score (nSPS) is 22.1. The Morgan fingerprint density at radius 1 is 1.15 bits per heavy atom. The molecule has 1 aromatic carbocycles. The van der Waals surface area contributed by atoms with Crippen molar-refractivity contribution in [2.45, 2.75) is 37.8 Å². The van der Waals surface area contributed by atoms with Crippen molar-refractivity contribution in [2.24, 2.45) is 5.92 Å². The van der Waals surface area contributed by atoms with Crippen LogP contribution in [0.25, 0.3) is 0 Å². The first-order valence-corrected chi connectivity index (χ1v) is 10.7. The molecule has 1 atom stereocenters. The number of fused-ring (bicyclic) bond motifs is 1. The van der Waals surface area contributed by atoms with Crippen molar-refractivity contribution in [1.82, 2.24) is 14.6 Å². The van der Waals surface area contributed by atoms with E-state index in [-0.39, 0.29) is 22.9 Å². The van der Waals surface area contributed by atoms with Gasteiger partial charge in [-0.3, -0.25) is 4.79 Å². The number of carbonyl (C=O) groups excluding carboxylic acids is 1. The summed E-state index contributed by atoms with van der Waals surface area (Å²) in [5.41, 5.74) is 3.22. The molecule has 1 aromatic heterocycles. The van der Waals surface area contributed by atoms with Crippen molar-refractivity contribution >= 4 is 21.6 Å². The number of nitrogens with zero attached hydrogens (tertiary/aromatic N) is 1. The molecule has 7 nitrogen and oxygen atoms in total. The second-order valence-corrected chi connectivity index (χ2v) is 9.04. The number of aromatic nitrogens is 1. The molecule has 0 unspecified atom stereocenters. The number of H-pyrrole nitrogens is 1. The second-order valence-electron chi connectivity index (χ2n) is 7.36. The zero-order valence-electron chi connectivity index (χ0n) is 15.5. The molecular weight excluding hydrogens is 364 g/mol. The van der Waals surface area contributed by atoms with Gasteiger partial charge in [0.2, 0.25) is 10.0 Å². The van der Waals surface area contributed by atoms with Gasteiger partial charge in [-0.05, 0) is 50.8 Å². The van der Waals surface area contributed by atoms with Crippen molar-refractivity contribution in [3.63, 3.8) is 0 Å². The summed E-state index contributed by atoms with van der Waals surface area (Å²) in [7, 11) is -3.51. The number of para-hydroxylation sites is 1. The van der Waals surface area contributed by atoms with Crippen molar-refractivity contribution in [3.05, 3.63) is 47.3 Å². The molecule has 0 aliphatic carbocycles. The van der Waals surface area contributed by atoms with Crippen LogP contribution in [0.15, 0.2) is 35.2 Å². The van der Waals surface area contributed by atoms with E-state index in [4.69, 9.17) is 0 Å². The number of anilines is 1. The zero-order chi connectivity index (χ0) is 19.2. The number of aromatic amines is 1. The first-order valence-electron chi connectivity index (χ1n) is 9.18. The highest BCUT2D eigenvalue weighted by molar-refractivity contribution is 7.89. The standard InChI is InChI=1S/C19H24N4O3S/c1-12-11-15(13(2)20-12)19(24)23-9-7-14(8-10-23)18-21-16-5-3-4-6-17(16)27(25,26)22-18/h3-6,11,14,18,20-22H,7-10H2,1-2H3/t18-/m0/s1. The first-order chi connectivity index (χ1) is 12.8. The van der Waals surface area contributed by atoms with Crippen molar-refractivity contribution in [2.75, 3.05) is 18.4 Å². The fourth-order valence-corrected chi connectivity index (χ4v) is 5.40. The van der Waals surface area contributed by atoms with Gasteiger partial charge in [0.25, 0.3) is 5.91 Å². The first kappa shape index (κ1) is 18.1. The molecule has 0 radical (unpaired) electrons. The van der Waals surface area contributed by atoms with Crippen LogP contribution in [0, 0.1) is 19.8 Å². The highest BCUT2D eigenvalue weighted by atomic mass is 32.2. The van der Waals surface area contributed by atoms with E-state index in [1.807, 2.05) is 30.9 Å². The quantitative estimate of drug-likeness (QED) is 0.735. The molecule has 8 heteroatoms. The summed E-state index contributed by atoms with van der Waals surface area (Å²) < 4.78 is 27.8. The molecular formula is C19H24N4O3S. The van der Waals surface area contributed by atoms with Crippen LogP contribution in [0.4, 0.5) is 5.69 Å². The van der Waals surface area contributed by atoms with Gasteiger partial charge < -0.3 is 15.2 Å². The van der Waals surface area contributed by atoms with E-state index in [0.717, 1.165) is 29.8 Å². The van der Waals surface area contributed by atoms with E-state index in [1.54, 1.807) is 18.2 Å². The maximum atomic E-state index is 12.8. The summed E-state index contributed by atoms with van der Waals surface area (Å²) >= 11 is 0. The van der Waals surface area contributed by atoms with Crippen LogP contribution in [-0.2, 0) is 10.0 Å². The van der Waals surface area contributed by atoms with Gasteiger partial charge in [0.05, 0.1) is 17.4 Å². The molecule has 2 aromatic rings. The minimum absolute atomic E-state index is 0.0397. The van der Waals surface area contributed by atoms with Gasteiger partial charge >= 0.3 is 0 Å². The molecule has 2 aliphatic heterocycles. The maximum Gasteiger partial charge on any atom is 0.255 e. The number of rotatable bonds is 2. The fraction of sp³-hybridized carbons (Fsp3) is 0.421. The minimum atomic E-state index is -3.51. The van der Waals surface area contributed by atoms with Crippen LogP contribution >= 0.6 is 0 Å². The van der Waals surface area contributed by atoms with Gasteiger partial charge in [-0.2, -0.15) is 4.72 Å². The molecule has 2 aliphatic rings. The monoisotopic (exact) mass is 388 g/mol. The van der Waals surface area contributed by atoms with Crippen molar-refractivity contribution in [1.29, 1.82) is 0 Å². The number of carbonyl (C=O) groups is 1. The Labute approximate surface area is 159 Å². The van der Waals surface area contributed by atoms with Crippen LogP contribution in [0.3, 0.4) is 0 Å². The second kappa shape index (κ2) is 6.69. The Morgan fingerprint density at radius 2 is 1.85 bits per heavy atom. The third-order valence-corrected chi connectivity index (χ3v) is 6.95. The van der Waals surface area contributed by atoms with Crippen LogP contribution in [-0.4, -0.2) is 43.5 Å². The predicted octanol–water partition coefficient (Wildman–Crippen LogP) is 2.21. The van der Waals surface area contributed by atoms with Gasteiger partial charge in [0.1, 0.15) is 4.90 Å². The van der Waals surface area contributed by atoms with Gasteiger partial charge in [0.15, 0.2) is 0 Å². The van der Waals surface area contributed by atoms with Crippen molar-refractivity contribution in [3.8, 4) is 0 Å². The van der Waals surface area contributed by atoms with Crippen LogP contribution in [0.1, 0.15) is 34.6 Å². The summed E-state index contributed by atoms with van der Waals surface area (Å²) in [6.45, 7) is 5.09. The third-order valence-electron chi connectivity index (χ3n) is 5.45. The molecule has 27 heavy (non-hydrogen) atoms. The maximum absolute atomic E-state index is 12.8. The topological polar surface area (TPSA) is 94.3 Å². The number of benzene rings is 1. The third kappa shape index (κ3) is 3.35. The van der Waals surface area contributed by atoms with Gasteiger partial charge in [-0.15, -0.1) is 0 Å². The number of sulfonamides is 1. The average Bonchev–Trinajstić information content (AvgIpc) is 2.99. The molecule has 1 amide bonds. The molecule has 1 saturated heterocycles. The smallest absolute Gasteiger partial charge is 0.255 e. The molecule has 3 N–H and O–H groups in total. The van der Waals surface area contributed by atoms with Crippen LogP contribution in [0.5, 0.6) is 0 Å². The zero-order valence-corrected chi connectivity index (χ0v) is 16.3. The summed E-state index contributed by atoms with van der Waals surface area (Å²) in [4.78, 5) is 18.1. The summed E-state index contributed by atoms with van der Waals surface area (Å²) in [5.74, 6) is 0.170. The average molecular weight is 388 g/mol. The van der Waals surface area contributed by atoms with E-state index in [2.05, 4.69) is 15.0 Å². The number of hydrogen-bond acceptors (Lipinski definition) is 4. The number of nitrogens with one attached hydrogen (secondary N) is 3. The molecule has 0 spiro atoms. The van der Waals surface area contributed by atoms with E-state index < -0.39 is 10.0 Å². The van der Waals surface area contributed by atoms with Crippen molar-refractivity contribution < 1.29 is 13.2 Å². The Balaban J connectivity index is 1.44. The molecule has 1 fully saturated rings. The summed E-state index contributed by atoms with van der Waals surface area (Å²) in [6, 6.07) is 8.82. The summed E-state index contributed by atoms with van der Waals surface area (Å²) in [6.07, 6.45) is 1.14. The molecule has 144 valence electrons. The Bertz CT molecular complexity index is 975. The van der Waals surface area contributed by atoms with Gasteiger partial charge in [-0.25, -0.2) is 8.42 Å². The molecule has 4 rings (SSSR count). The minimum Gasteiger partial charge on any atom is -0.368 e. The summed E-state index contributed by atoms with van der Waals surface area (Å²) in [5, 5.41) is 3.31. The molecule has 0 saturated carbocycles. The number of aryl methyl sites for hydroxylation is 2. The Hall–Kier alpha value is -2.32. The Kier molecular flexibility index (Phi) is 4.47. The SMILES string of the molecule is Cc1cc(C(=O)N2CCC([C@H]3Nc4ccccc4S(=O)(=O)N3)CC2)c(C)[nH]1. The Morgan fingerprint density at radius 3 is 2.52 bits per heavy atom. The van der Waals surface area contributed by atoms with Gasteiger partial charge in [-0.1, -0.05) is 12.1 Å². The predicted molar refractivity (Wildman–Crippen MR) is 103 cm³/mol. The number of amides is 1. The highest BCUT2D eigenvalue weighted by Gasteiger charge is 2.36. The fourth-order valence-electron chi connectivity index (χ4n) is 4.01. The molecule has 3 heterocycles. The lowest BCUT2D eigenvalue weighted by atomic mass is 9.93. The van der Waals surface area contributed by atoms with E-state index >= 15 is 0 Å². The number of hydrogen-bond donors (Lipinski definition) is 3. The number of piperidine rings is 1. The number of likely N-dealkylation sites (tertiary alicyclic amines) is 1. The van der Waals surface area contributed by atoms with Crippen LogP contribution < -0.4 is 10.0 Å². The lowest BCUT2D eigenvalue weighted by Crippen LogP contribution is -2.52. The highest BCUT2D eigenvalue weighted by Crippen LogP contribution is 2.31. The van der Waals surface area contributed by atoms with Gasteiger partial charge in [0, 0.05) is 24.5 Å². The lowest BCUT2D eigenvalue weighted by molar-refractivity contribution is 0.0678.